The van der Waals surface area contributed by atoms with Crippen molar-refractivity contribution in [2.75, 3.05) is 31.1 Å². The van der Waals surface area contributed by atoms with Gasteiger partial charge in [-0.1, -0.05) is 55.5 Å². The molecule has 3 heterocycles. The van der Waals surface area contributed by atoms with Crippen LogP contribution >= 0.6 is 0 Å². The molecule has 0 saturated carbocycles. The summed E-state index contributed by atoms with van der Waals surface area (Å²) in [5, 5.41) is 0.970. The van der Waals surface area contributed by atoms with E-state index in [2.05, 4.69) is 53.1 Å². The molecule has 2 aromatic carbocycles. The highest BCUT2D eigenvalue weighted by Crippen LogP contribution is 2.29. The van der Waals surface area contributed by atoms with Crippen LogP contribution < -0.4 is 4.90 Å². The Labute approximate surface area is 191 Å². The molecular formula is C28H33N3O. The van der Waals surface area contributed by atoms with Crippen molar-refractivity contribution in [3.63, 3.8) is 0 Å². The Balaban J connectivity index is 1.35. The molecule has 5 rings (SSSR count). The first-order valence-corrected chi connectivity index (χ1v) is 12.2. The van der Waals surface area contributed by atoms with Crippen LogP contribution in [0.5, 0.6) is 0 Å². The van der Waals surface area contributed by atoms with Crippen LogP contribution in [0.4, 0.5) is 5.82 Å². The van der Waals surface area contributed by atoms with E-state index in [9.17, 15) is 4.79 Å². The van der Waals surface area contributed by atoms with Crippen molar-refractivity contribution in [3.8, 4) is 0 Å². The van der Waals surface area contributed by atoms with Gasteiger partial charge in [-0.15, -0.1) is 0 Å². The van der Waals surface area contributed by atoms with Crippen molar-refractivity contribution in [3.05, 3.63) is 71.8 Å². The molecule has 4 nitrogen and oxygen atoms in total. The molecule has 0 radical (unpaired) electrons. The minimum absolute atomic E-state index is 0.160. The molecule has 2 aliphatic heterocycles. The lowest BCUT2D eigenvalue weighted by Crippen LogP contribution is -2.39. The summed E-state index contributed by atoms with van der Waals surface area (Å²) in [6.45, 7) is 6.02. The van der Waals surface area contributed by atoms with Crippen LogP contribution in [0.3, 0.4) is 0 Å². The second-order valence-corrected chi connectivity index (χ2v) is 9.66. The number of aromatic nitrogens is 1. The van der Waals surface area contributed by atoms with Gasteiger partial charge >= 0.3 is 0 Å². The summed E-state index contributed by atoms with van der Waals surface area (Å²) in [6, 6.07) is 20.9. The summed E-state index contributed by atoms with van der Waals surface area (Å²) >= 11 is 0. The van der Waals surface area contributed by atoms with Crippen molar-refractivity contribution in [2.45, 2.75) is 39.0 Å². The summed E-state index contributed by atoms with van der Waals surface area (Å²) < 4.78 is 0. The highest BCUT2D eigenvalue weighted by molar-refractivity contribution is 6.07. The fourth-order valence-corrected chi connectivity index (χ4v) is 5.36. The molecule has 2 aliphatic rings. The summed E-state index contributed by atoms with van der Waals surface area (Å²) in [5.41, 5.74) is 3.13. The fraction of sp³-hybridized carbons (Fsp3) is 0.429. The van der Waals surface area contributed by atoms with Crippen molar-refractivity contribution in [2.24, 2.45) is 11.8 Å². The predicted molar refractivity (Wildman–Crippen MR) is 131 cm³/mol. The molecule has 166 valence electrons. The maximum Gasteiger partial charge on any atom is 0.254 e. The van der Waals surface area contributed by atoms with Gasteiger partial charge in [-0.2, -0.15) is 0 Å². The molecule has 2 fully saturated rings. The Kier molecular flexibility index (Phi) is 6.11. The van der Waals surface area contributed by atoms with Crippen LogP contribution in [0, 0.1) is 11.8 Å². The van der Waals surface area contributed by atoms with E-state index < -0.39 is 0 Å². The van der Waals surface area contributed by atoms with Gasteiger partial charge in [0, 0.05) is 31.6 Å². The van der Waals surface area contributed by atoms with Crippen molar-refractivity contribution in [1.82, 2.24) is 9.88 Å². The molecule has 1 aromatic heterocycles. The monoisotopic (exact) mass is 427 g/mol. The molecule has 0 spiro atoms. The Morgan fingerprint density at radius 3 is 2.50 bits per heavy atom. The first kappa shape index (κ1) is 21.0. The summed E-state index contributed by atoms with van der Waals surface area (Å²) in [7, 11) is 0. The van der Waals surface area contributed by atoms with Crippen molar-refractivity contribution in [1.29, 1.82) is 0 Å². The predicted octanol–water partition coefficient (Wildman–Crippen LogP) is 5.57. The van der Waals surface area contributed by atoms with Crippen molar-refractivity contribution < 1.29 is 4.79 Å². The highest BCUT2D eigenvalue weighted by Gasteiger charge is 2.26. The number of amides is 1. The van der Waals surface area contributed by atoms with E-state index in [1.54, 1.807) is 0 Å². The van der Waals surface area contributed by atoms with Gasteiger partial charge in [0.15, 0.2) is 0 Å². The van der Waals surface area contributed by atoms with Gasteiger partial charge in [-0.05, 0) is 61.6 Å². The number of nitrogens with zero attached hydrogens (tertiary/aromatic N) is 3. The number of carbonyl (C=O) groups is 1. The van der Waals surface area contributed by atoms with Gasteiger partial charge in [0.25, 0.3) is 5.91 Å². The van der Waals surface area contributed by atoms with E-state index in [0.29, 0.717) is 11.8 Å². The van der Waals surface area contributed by atoms with Gasteiger partial charge in [-0.25, -0.2) is 4.98 Å². The van der Waals surface area contributed by atoms with Gasteiger partial charge < -0.3 is 9.80 Å². The van der Waals surface area contributed by atoms with E-state index in [-0.39, 0.29) is 5.91 Å². The lowest BCUT2D eigenvalue weighted by molar-refractivity contribution is 0.0692. The Morgan fingerprint density at radius 1 is 0.969 bits per heavy atom. The van der Waals surface area contributed by atoms with Crippen LogP contribution in [0.2, 0.25) is 0 Å². The number of anilines is 1. The van der Waals surface area contributed by atoms with Crippen LogP contribution in [-0.4, -0.2) is 42.0 Å². The van der Waals surface area contributed by atoms with Crippen LogP contribution in [0.25, 0.3) is 10.9 Å². The maximum absolute atomic E-state index is 13.7. The smallest absolute Gasteiger partial charge is 0.254 e. The van der Waals surface area contributed by atoms with Crippen LogP contribution in [0.15, 0.2) is 60.7 Å². The highest BCUT2D eigenvalue weighted by atomic mass is 16.2. The lowest BCUT2D eigenvalue weighted by Gasteiger charge is -2.34. The zero-order valence-corrected chi connectivity index (χ0v) is 19.0. The number of benzene rings is 2. The molecule has 2 saturated heterocycles. The standard InChI is InChI=1S/C28H33N3O/c1-21-8-7-15-31(20-21)27-19-25(24-11-5-6-12-26(24)29-27)28(32)30-16-13-23(14-17-30)18-22-9-3-2-4-10-22/h2-6,9-12,19,21,23H,7-8,13-18,20H2,1H3/t21-/m1/s1. The quantitative estimate of drug-likeness (QED) is 0.546. The first-order chi connectivity index (χ1) is 15.7. The lowest BCUT2D eigenvalue weighted by atomic mass is 9.90. The number of hydrogen-bond acceptors (Lipinski definition) is 3. The summed E-state index contributed by atoms with van der Waals surface area (Å²) in [6.07, 6.45) is 5.71. The number of likely N-dealkylation sites (tertiary alicyclic amines) is 1. The number of para-hydroxylation sites is 1. The third kappa shape index (κ3) is 4.50. The molecule has 0 N–H and O–H groups in total. The molecule has 0 unspecified atom stereocenters. The molecule has 0 bridgehead atoms. The molecule has 32 heavy (non-hydrogen) atoms. The molecule has 1 atom stereocenters. The molecule has 4 heteroatoms. The minimum atomic E-state index is 0.160. The minimum Gasteiger partial charge on any atom is -0.356 e. The first-order valence-electron chi connectivity index (χ1n) is 12.2. The number of rotatable bonds is 4. The van der Waals surface area contributed by atoms with Crippen LogP contribution in [-0.2, 0) is 6.42 Å². The maximum atomic E-state index is 13.7. The summed E-state index contributed by atoms with van der Waals surface area (Å²) in [5.74, 6) is 2.44. The SMILES string of the molecule is C[C@@H]1CCCN(c2cc(C(=O)N3CCC(Cc4ccccc4)CC3)c3ccccc3n2)C1. The average Bonchev–Trinajstić information content (AvgIpc) is 2.84. The third-order valence-electron chi connectivity index (χ3n) is 7.18. The number of carbonyl (C=O) groups excluding carboxylic acids is 1. The van der Waals surface area contributed by atoms with E-state index in [1.165, 1.54) is 18.4 Å². The Bertz CT molecular complexity index is 1070. The van der Waals surface area contributed by atoms with Gasteiger partial charge in [-0.3, -0.25) is 4.79 Å². The topological polar surface area (TPSA) is 36.4 Å². The second-order valence-electron chi connectivity index (χ2n) is 9.66. The third-order valence-corrected chi connectivity index (χ3v) is 7.18. The normalized spacial score (nSPS) is 20.0. The largest absolute Gasteiger partial charge is 0.356 e. The fourth-order valence-electron chi connectivity index (χ4n) is 5.36. The Hall–Kier alpha value is -2.88. The average molecular weight is 428 g/mol. The van der Waals surface area contributed by atoms with E-state index >= 15 is 0 Å². The number of fused-ring (bicyclic) bond motifs is 1. The molecular weight excluding hydrogens is 394 g/mol. The molecule has 3 aromatic rings. The summed E-state index contributed by atoms with van der Waals surface area (Å²) in [4.78, 5) is 23.0. The zero-order valence-electron chi connectivity index (χ0n) is 19.0. The van der Waals surface area contributed by atoms with E-state index in [1.807, 2.05) is 24.3 Å². The second kappa shape index (κ2) is 9.32. The number of piperidine rings is 2. The number of hydrogen-bond donors (Lipinski definition) is 0. The van der Waals surface area contributed by atoms with Gasteiger partial charge in [0.1, 0.15) is 5.82 Å². The van der Waals surface area contributed by atoms with E-state index in [4.69, 9.17) is 4.98 Å². The van der Waals surface area contributed by atoms with Crippen LogP contribution in [0.1, 0.15) is 48.5 Å². The van der Waals surface area contributed by atoms with Gasteiger partial charge in [0.2, 0.25) is 0 Å². The Morgan fingerprint density at radius 2 is 1.72 bits per heavy atom. The van der Waals surface area contributed by atoms with E-state index in [0.717, 1.165) is 67.7 Å². The van der Waals surface area contributed by atoms with Crippen molar-refractivity contribution >= 4 is 22.6 Å². The van der Waals surface area contributed by atoms with Gasteiger partial charge in [0.05, 0.1) is 11.1 Å². The molecule has 0 aliphatic carbocycles. The zero-order chi connectivity index (χ0) is 21.9. The number of pyridine rings is 1. The molecule has 1 amide bonds.